The van der Waals surface area contributed by atoms with Crippen LogP contribution in [0.3, 0.4) is 0 Å². The van der Waals surface area contributed by atoms with Gasteiger partial charge in [0.25, 0.3) is 0 Å². The van der Waals surface area contributed by atoms with Crippen LogP contribution in [0.1, 0.15) is 5.82 Å². The highest BCUT2D eigenvalue weighted by Gasteiger charge is 2.06. The average molecular weight is 281 g/mol. The molecule has 0 aliphatic carbocycles. The Bertz CT molecular complexity index is 652. The van der Waals surface area contributed by atoms with Gasteiger partial charge in [-0.2, -0.15) is 4.98 Å². The lowest BCUT2D eigenvalue weighted by Crippen LogP contribution is -2.05. The first-order valence-corrected chi connectivity index (χ1v) is 6.56. The Hall–Kier alpha value is -1.66. The van der Waals surface area contributed by atoms with Crippen molar-refractivity contribution < 1.29 is 4.52 Å². The van der Waals surface area contributed by atoms with Gasteiger partial charge in [0.15, 0.2) is 11.0 Å². The van der Waals surface area contributed by atoms with E-state index in [1.165, 1.54) is 6.39 Å². The molecule has 1 aromatic carbocycles. The maximum Gasteiger partial charge on any atom is 0.213 e. The van der Waals surface area contributed by atoms with Gasteiger partial charge in [-0.15, -0.1) is 0 Å². The second-order valence-corrected chi connectivity index (χ2v) is 5.04. The third-order valence-corrected chi connectivity index (χ3v) is 3.89. The number of hydrogen-bond donors (Lipinski definition) is 1. The van der Waals surface area contributed by atoms with E-state index in [0.29, 0.717) is 18.8 Å². The third-order valence-electron chi connectivity index (χ3n) is 2.40. The fraction of sp³-hybridized carbons (Fsp3) is 0.182. The van der Waals surface area contributed by atoms with Crippen LogP contribution in [0.4, 0.5) is 5.13 Å². The summed E-state index contributed by atoms with van der Waals surface area (Å²) in [5, 5.41) is 8.55. The third kappa shape index (κ3) is 2.30. The van der Waals surface area contributed by atoms with E-state index in [0.717, 1.165) is 20.4 Å². The molecule has 0 atom stereocenters. The first-order chi connectivity index (χ1) is 8.83. The van der Waals surface area contributed by atoms with Crippen LogP contribution in [-0.2, 0) is 6.42 Å². The lowest BCUT2D eigenvalue weighted by molar-refractivity contribution is 0.410. The van der Waals surface area contributed by atoms with Crippen LogP contribution < -0.4 is 5.32 Å². The van der Waals surface area contributed by atoms with Crippen LogP contribution in [0.2, 0.25) is 5.02 Å². The minimum absolute atomic E-state index is 0.682. The number of benzene rings is 1. The van der Waals surface area contributed by atoms with E-state index in [2.05, 4.69) is 25.0 Å². The molecule has 92 valence electrons. The van der Waals surface area contributed by atoms with Crippen molar-refractivity contribution >= 4 is 38.3 Å². The molecule has 2 heterocycles. The molecule has 1 N–H and O–H groups in total. The molecule has 3 rings (SSSR count). The van der Waals surface area contributed by atoms with Crippen LogP contribution in [0.15, 0.2) is 29.1 Å². The molecule has 0 unspecified atom stereocenters. The topological polar surface area (TPSA) is 63.8 Å². The molecular weight excluding hydrogens is 272 g/mol. The molecule has 3 aromatic rings. The van der Waals surface area contributed by atoms with Crippen LogP contribution in [0.5, 0.6) is 0 Å². The van der Waals surface area contributed by atoms with Crippen molar-refractivity contribution in [1.29, 1.82) is 0 Å². The number of aromatic nitrogens is 3. The molecule has 0 saturated carbocycles. The fourth-order valence-corrected chi connectivity index (χ4v) is 2.76. The zero-order valence-electron chi connectivity index (χ0n) is 9.26. The van der Waals surface area contributed by atoms with Crippen LogP contribution in [0, 0.1) is 0 Å². The SMILES string of the molecule is Clc1cccc2nc(NCCc3ncon3)sc12. The Balaban J connectivity index is 1.69. The number of nitrogens with one attached hydrogen (secondary N) is 1. The summed E-state index contributed by atoms with van der Waals surface area (Å²) in [7, 11) is 0. The molecular formula is C11H9ClN4OS. The van der Waals surface area contributed by atoms with Gasteiger partial charge >= 0.3 is 0 Å². The minimum Gasteiger partial charge on any atom is -0.361 e. The zero-order chi connectivity index (χ0) is 12.4. The maximum absolute atomic E-state index is 6.10. The second-order valence-electron chi connectivity index (χ2n) is 3.63. The summed E-state index contributed by atoms with van der Waals surface area (Å²) in [5.41, 5.74) is 0.912. The molecule has 7 heteroatoms. The van der Waals surface area contributed by atoms with Gasteiger partial charge in [-0.1, -0.05) is 34.2 Å². The first kappa shape index (κ1) is 11.4. The lowest BCUT2D eigenvalue weighted by Gasteiger charge is -1.97. The number of halogens is 1. The normalized spacial score (nSPS) is 10.9. The van der Waals surface area contributed by atoms with Gasteiger partial charge in [-0.25, -0.2) is 4.98 Å². The summed E-state index contributed by atoms with van der Waals surface area (Å²) in [6.45, 7) is 0.705. The predicted octanol–water partition coefficient (Wildman–Crippen LogP) is 2.99. The van der Waals surface area contributed by atoms with Crippen molar-refractivity contribution in [2.45, 2.75) is 6.42 Å². The summed E-state index contributed by atoms with van der Waals surface area (Å²) in [6.07, 6.45) is 2.02. The number of hydrogen-bond acceptors (Lipinski definition) is 6. The second kappa shape index (κ2) is 4.91. The molecule has 5 nitrogen and oxygen atoms in total. The molecule has 0 aliphatic rings. The predicted molar refractivity (Wildman–Crippen MR) is 71.1 cm³/mol. The Kier molecular flexibility index (Phi) is 3.12. The summed E-state index contributed by atoms with van der Waals surface area (Å²) >= 11 is 7.64. The van der Waals surface area contributed by atoms with E-state index in [9.17, 15) is 0 Å². The van der Waals surface area contributed by atoms with E-state index in [1.54, 1.807) is 11.3 Å². The quantitative estimate of drug-likeness (QED) is 0.796. The van der Waals surface area contributed by atoms with Gasteiger partial charge in [-0.05, 0) is 12.1 Å². The number of anilines is 1. The standard InChI is InChI=1S/C11H9ClN4OS/c12-7-2-1-3-8-10(7)18-11(15-8)13-5-4-9-14-6-17-16-9/h1-3,6H,4-5H2,(H,13,15). The van der Waals surface area contributed by atoms with Gasteiger partial charge in [0.2, 0.25) is 6.39 Å². The largest absolute Gasteiger partial charge is 0.361 e. The number of rotatable bonds is 4. The lowest BCUT2D eigenvalue weighted by atomic mass is 10.3. The van der Waals surface area contributed by atoms with Gasteiger partial charge in [0.1, 0.15) is 0 Å². The first-order valence-electron chi connectivity index (χ1n) is 5.37. The van der Waals surface area contributed by atoms with Crippen molar-refractivity contribution in [2.75, 3.05) is 11.9 Å². The van der Waals surface area contributed by atoms with E-state index in [-0.39, 0.29) is 0 Å². The Morgan fingerprint density at radius 2 is 2.33 bits per heavy atom. The van der Waals surface area contributed by atoms with Crippen molar-refractivity contribution in [3.05, 3.63) is 35.4 Å². The van der Waals surface area contributed by atoms with Gasteiger partial charge in [0, 0.05) is 13.0 Å². The molecule has 0 saturated heterocycles. The van der Waals surface area contributed by atoms with Crippen LogP contribution >= 0.6 is 22.9 Å². The average Bonchev–Trinajstić information content (AvgIpc) is 2.98. The summed E-state index contributed by atoms with van der Waals surface area (Å²) in [6, 6.07) is 5.71. The van der Waals surface area contributed by atoms with E-state index >= 15 is 0 Å². The van der Waals surface area contributed by atoms with Crippen molar-refractivity contribution in [3.8, 4) is 0 Å². The van der Waals surface area contributed by atoms with Gasteiger partial charge in [0.05, 0.1) is 15.2 Å². The molecule has 0 spiro atoms. The monoisotopic (exact) mass is 280 g/mol. The van der Waals surface area contributed by atoms with Crippen molar-refractivity contribution in [2.24, 2.45) is 0 Å². The molecule has 0 amide bonds. The highest BCUT2D eigenvalue weighted by molar-refractivity contribution is 7.22. The summed E-state index contributed by atoms with van der Waals surface area (Å²) in [5.74, 6) is 0.682. The molecule has 0 bridgehead atoms. The van der Waals surface area contributed by atoms with E-state index < -0.39 is 0 Å². The highest BCUT2D eigenvalue weighted by Crippen LogP contribution is 2.31. The van der Waals surface area contributed by atoms with Crippen molar-refractivity contribution in [1.82, 2.24) is 15.1 Å². The summed E-state index contributed by atoms with van der Waals surface area (Å²) in [4.78, 5) is 8.40. The Morgan fingerprint density at radius 1 is 1.39 bits per heavy atom. The van der Waals surface area contributed by atoms with Crippen LogP contribution in [-0.4, -0.2) is 21.7 Å². The van der Waals surface area contributed by atoms with Crippen LogP contribution in [0.25, 0.3) is 10.2 Å². The molecule has 0 fully saturated rings. The zero-order valence-corrected chi connectivity index (χ0v) is 10.8. The smallest absolute Gasteiger partial charge is 0.213 e. The van der Waals surface area contributed by atoms with Gasteiger partial charge < -0.3 is 9.84 Å². The fourth-order valence-electron chi connectivity index (χ4n) is 1.57. The van der Waals surface area contributed by atoms with Gasteiger partial charge in [-0.3, -0.25) is 0 Å². The Morgan fingerprint density at radius 3 is 3.11 bits per heavy atom. The maximum atomic E-state index is 6.10. The molecule has 2 aromatic heterocycles. The number of nitrogens with zero attached hydrogens (tertiary/aromatic N) is 3. The molecule has 0 aliphatic heterocycles. The minimum atomic E-state index is 0.682. The summed E-state index contributed by atoms with van der Waals surface area (Å²) < 4.78 is 5.66. The highest BCUT2D eigenvalue weighted by atomic mass is 35.5. The number of thiazole rings is 1. The number of fused-ring (bicyclic) bond motifs is 1. The van der Waals surface area contributed by atoms with E-state index in [1.807, 2.05) is 18.2 Å². The molecule has 18 heavy (non-hydrogen) atoms. The molecule has 0 radical (unpaired) electrons. The van der Waals surface area contributed by atoms with E-state index in [4.69, 9.17) is 11.6 Å². The Labute approximate surface area is 112 Å². The van der Waals surface area contributed by atoms with Crippen molar-refractivity contribution in [3.63, 3.8) is 0 Å².